The Kier molecular flexibility index (Phi) is 10.1. The number of amides is 3. The Morgan fingerprint density at radius 1 is 1.11 bits per heavy atom. The molecule has 0 aromatic heterocycles. The highest BCUT2D eigenvalue weighted by Crippen LogP contribution is 2.66. The molecule has 3 fully saturated rings. The Labute approximate surface area is 276 Å². The van der Waals surface area contributed by atoms with Crippen molar-refractivity contribution in [1.29, 1.82) is 0 Å². The quantitative estimate of drug-likeness (QED) is 0.275. The minimum absolute atomic E-state index is 0.0760. The molecule has 46 heavy (non-hydrogen) atoms. The first kappa shape index (κ1) is 35.9. The number of carbonyl (C=O) groups excluding carboxylic acids is 3. The van der Waals surface area contributed by atoms with Crippen LogP contribution in [0, 0.1) is 29.1 Å². The second-order valence-electron chi connectivity index (χ2n) is 15.9. The number of carbonyl (C=O) groups is 3. The van der Waals surface area contributed by atoms with Crippen LogP contribution in [0.2, 0.25) is 0 Å². The molecule has 254 valence electrons. The first-order chi connectivity index (χ1) is 21.5. The second-order valence-corrected chi connectivity index (χ2v) is 15.9. The second kappa shape index (κ2) is 12.9. The van der Waals surface area contributed by atoms with E-state index in [-0.39, 0.29) is 48.1 Å². The van der Waals surface area contributed by atoms with Crippen LogP contribution in [0.25, 0.3) is 0 Å². The first-order valence-electron chi connectivity index (χ1n) is 17.0. The van der Waals surface area contributed by atoms with Gasteiger partial charge >= 0.3 is 0 Å². The third-order valence-electron chi connectivity index (χ3n) is 11.0. The summed E-state index contributed by atoms with van der Waals surface area (Å²) in [4.78, 5) is 50.2. The van der Waals surface area contributed by atoms with Gasteiger partial charge in [0.05, 0.1) is 30.1 Å². The fraction of sp³-hybridized carbons (Fsp3) is 0.658. The summed E-state index contributed by atoms with van der Waals surface area (Å²) in [5, 5.41) is 10.8. The average Bonchev–Trinajstić information content (AvgIpc) is 3.50. The van der Waals surface area contributed by atoms with Crippen molar-refractivity contribution in [3.8, 4) is 0 Å². The molecule has 8 heteroatoms. The van der Waals surface area contributed by atoms with Crippen LogP contribution < -0.4 is 4.90 Å². The van der Waals surface area contributed by atoms with Crippen LogP contribution in [0.4, 0.5) is 5.69 Å². The third-order valence-corrected chi connectivity index (χ3v) is 11.0. The van der Waals surface area contributed by atoms with E-state index in [2.05, 4.69) is 54.7 Å². The lowest BCUT2D eigenvalue weighted by Crippen LogP contribution is -2.63. The van der Waals surface area contributed by atoms with Gasteiger partial charge < -0.3 is 24.5 Å². The third kappa shape index (κ3) is 5.85. The molecule has 1 spiro atoms. The number of para-hydroxylation sites is 1. The van der Waals surface area contributed by atoms with E-state index < -0.39 is 40.7 Å². The maximum Gasteiger partial charge on any atom is 0.249 e. The summed E-state index contributed by atoms with van der Waals surface area (Å²) in [6, 6.07) is 7.80. The number of fused-ring (bicyclic) bond motifs is 1. The molecule has 4 rings (SSSR count). The molecule has 3 heterocycles. The van der Waals surface area contributed by atoms with Gasteiger partial charge in [-0.15, -0.1) is 13.2 Å². The van der Waals surface area contributed by atoms with Gasteiger partial charge in [0.2, 0.25) is 17.7 Å². The number of aliphatic hydroxyl groups excluding tert-OH is 1. The van der Waals surface area contributed by atoms with Crippen molar-refractivity contribution in [2.24, 2.45) is 29.1 Å². The van der Waals surface area contributed by atoms with Crippen molar-refractivity contribution < 1.29 is 24.2 Å². The van der Waals surface area contributed by atoms with Crippen LogP contribution in [0.5, 0.6) is 0 Å². The molecule has 0 radical (unpaired) electrons. The molecule has 3 aliphatic heterocycles. The van der Waals surface area contributed by atoms with Crippen molar-refractivity contribution in [3.63, 3.8) is 0 Å². The van der Waals surface area contributed by atoms with Gasteiger partial charge in [0.25, 0.3) is 0 Å². The van der Waals surface area contributed by atoms with Crippen molar-refractivity contribution >= 4 is 23.4 Å². The minimum Gasteiger partial charge on any atom is -0.394 e. The number of hydrogen-bond acceptors (Lipinski definition) is 5. The Morgan fingerprint density at radius 2 is 1.72 bits per heavy atom. The van der Waals surface area contributed by atoms with E-state index in [1.165, 1.54) is 0 Å². The first-order valence-corrected chi connectivity index (χ1v) is 17.0. The van der Waals surface area contributed by atoms with Gasteiger partial charge in [0.15, 0.2) is 0 Å². The maximum atomic E-state index is 15.2. The van der Waals surface area contributed by atoms with Gasteiger partial charge in [-0.1, -0.05) is 78.3 Å². The molecule has 8 nitrogen and oxygen atoms in total. The van der Waals surface area contributed by atoms with E-state index in [0.29, 0.717) is 25.1 Å². The molecule has 0 aliphatic carbocycles. The van der Waals surface area contributed by atoms with Crippen LogP contribution in [-0.4, -0.2) is 81.1 Å². The summed E-state index contributed by atoms with van der Waals surface area (Å²) in [7, 11) is 0. The Bertz CT molecular complexity index is 1320. The highest BCUT2D eigenvalue weighted by Gasteiger charge is 2.81. The largest absolute Gasteiger partial charge is 0.394 e. The SMILES string of the molecule is C=CCN(C(=O)[C@@H]1[C@H]2C(=O)N([C@@H](CO)[C@@H](C)CC)C(C(=O)N(CC=C)C(C)(C)CC(C)(C)C)C23CC(C)[C@@]1(C)O3)c1ccccc1. The number of nitrogens with zero attached hydrogens (tertiary/aromatic N) is 3. The van der Waals surface area contributed by atoms with Gasteiger partial charge in [0.1, 0.15) is 11.6 Å². The standard InChI is InChI=1S/C38H57N3O5/c1-12-20-39(27-18-16-15-17-19-27)32(43)29-30-33(44)41(28(23-42)25(4)14-3)31(38(30)22-26(5)37(29,11)46-38)34(45)40(21-13-2)36(9,10)24-35(6,7)8/h12-13,15-19,25-26,28-31,42H,1-2,14,20-24H2,3-11H3/t25-,26?,28-,29-,30-,31?,37+,38?/m0/s1. The highest BCUT2D eigenvalue weighted by atomic mass is 16.5. The zero-order valence-electron chi connectivity index (χ0n) is 29.6. The van der Waals surface area contributed by atoms with E-state index in [1.54, 1.807) is 22.0 Å². The highest BCUT2D eigenvalue weighted by molar-refractivity contribution is 6.03. The van der Waals surface area contributed by atoms with Gasteiger partial charge in [0, 0.05) is 24.3 Å². The predicted octanol–water partition coefficient (Wildman–Crippen LogP) is 5.85. The Balaban J connectivity index is 1.92. The van der Waals surface area contributed by atoms with Crippen molar-refractivity contribution in [3.05, 3.63) is 55.6 Å². The zero-order valence-corrected chi connectivity index (χ0v) is 29.6. The minimum atomic E-state index is -1.22. The zero-order chi connectivity index (χ0) is 34.4. The van der Waals surface area contributed by atoms with Gasteiger partial charge in [-0.2, -0.15) is 0 Å². The van der Waals surface area contributed by atoms with Crippen molar-refractivity contribution in [1.82, 2.24) is 9.80 Å². The van der Waals surface area contributed by atoms with Gasteiger partial charge in [-0.25, -0.2) is 0 Å². The Hall–Kier alpha value is -2.97. The topological polar surface area (TPSA) is 90.4 Å². The maximum absolute atomic E-state index is 15.2. The molecular weight excluding hydrogens is 578 g/mol. The molecular formula is C38H57N3O5. The van der Waals surface area contributed by atoms with Crippen LogP contribution >= 0.6 is 0 Å². The molecule has 1 aromatic rings. The number of rotatable bonds is 13. The Morgan fingerprint density at radius 3 is 2.24 bits per heavy atom. The number of benzene rings is 1. The molecule has 1 N–H and O–H groups in total. The molecule has 1 aromatic carbocycles. The number of aliphatic hydroxyl groups is 1. The molecule has 3 aliphatic rings. The fourth-order valence-corrected chi connectivity index (χ4v) is 9.04. The van der Waals surface area contributed by atoms with E-state index in [1.807, 2.05) is 56.0 Å². The summed E-state index contributed by atoms with van der Waals surface area (Å²) in [6.07, 6.45) is 5.30. The van der Waals surface area contributed by atoms with E-state index in [4.69, 9.17) is 4.74 Å². The summed E-state index contributed by atoms with van der Waals surface area (Å²) >= 11 is 0. The monoisotopic (exact) mass is 635 g/mol. The molecule has 3 unspecified atom stereocenters. The number of hydrogen-bond donors (Lipinski definition) is 1. The van der Waals surface area contributed by atoms with E-state index >= 15 is 4.79 Å². The molecule has 8 atom stereocenters. The fourth-order valence-electron chi connectivity index (χ4n) is 9.04. The number of ether oxygens (including phenoxy) is 1. The summed E-state index contributed by atoms with van der Waals surface area (Å²) in [6.45, 7) is 26.7. The van der Waals surface area contributed by atoms with E-state index in [9.17, 15) is 14.7 Å². The summed E-state index contributed by atoms with van der Waals surface area (Å²) in [5.74, 6) is -2.61. The summed E-state index contributed by atoms with van der Waals surface area (Å²) in [5.41, 5.74) is -2.13. The van der Waals surface area contributed by atoms with Crippen molar-refractivity contribution in [2.45, 2.75) is 110 Å². The lowest BCUT2D eigenvalue weighted by molar-refractivity contribution is -0.160. The molecule has 2 bridgehead atoms. The smallest absolute Gasteiger partial charge is 0.249 e. The number of likely N-dealkylation sites (tertiary alicyclic amines) is 1. The van der Waals surface area contributed by atoms with Crippen molar-refractivity contribution in [2.75, 3.05) is 24.6 Å². The lowest BCUT2D eigenvalue weighted by Gasteiger charge is -2.47. The number of anilines is 1. The molecule has 0 saturated carbocycles. The van der Waals surface area contributed by atoms with Crippen LogP contribution in [0.1, 0.15) is 81.6 Å². The molecule has 3 amide bonds. The van der Waals surface area contributed by atoms with Crippen LogP contribution in [0.3, 0.4) is 0 Å². The van der Waals surface area contributed by atoms with Gasteiger partial charge in [-0.3, -0.25) is 14.4 Å². The average molecular weight is 636 g/mol. The summed E-state index contributed by atoms with van der Waals surface area (Å²) < 4.78 is 7.08. The lowest BCUT2D eigenvalue weighted by atomic mass is 9.62. The van der Waals surface area contributed by atoms with Crippen LogP contribution in [0.15, 0.2) is 55.6 Å². The predicted molar refractivity (Wildman–Crippen MR) is 183 cm³/mol. The van der Waals surface area contributed by atoms with Gasteiger partial charge in [-0.05, 0) is 63.0 Å². The van der Waals surface area contributed by atoms with E-state index in [0.717, 1.165) is 6.42 Å². The normalized spacial score (nSPS) is 30.1. The molecule has 3 saturated heterocycles. The van der Waals surface area contributed by atoms with Crippen LogP contribution in [-0.2, 0) is 19.1 Å².